The Bertz CT molecular complexity index is 940. The van der Waals surface area contributed by atoms with Crippen LogP contribution in [0.3, 0.4) is 0 Å². The molecule has 29 heavy (non-hydrogen) atoms. The van der Waals surface area contributed by atoms with Crippen molar-refractivity contribution in [3.8, 4) is 5.75 Å². The molecule has 5 nitrogen and oxygen atoms in total. The predicted molar refractivity (Wildman–Crippen MR) is 115 cm³/mol. The largest absolute Gasteiger partial charge is 0.484 e. The molecular formula is C22H26ClNO4S. The summed E-state index contributed by atoms with van der Waals surface area (Å²) in [4.78, 5) is 14.6. The van der Waals surface area contributed by atoms with E-state index in [9.17, 15) is 13.2 Å². The Hall–Kier alpha value is -2.05. The molecule has 1 saturated heterocycles. The van der Waals surface area contributed by atoms with Crippen LogP contribution in [0.1, 0.15) is 37.3 Å². The van der Waals surface area contributed by atoms with Crippen LogP contribution < -0.4 is 4.74 Å². The van der Waals surface area contributed by atoms with Gasteiger partial charge in [0.2, 0.25) is 0 Å². The number of amides is 1. The van der Waals surface area contributed by atoms with Gasteiger partial charge in [0, 0.05) is 17.6 Å². The summed E-state index contributed by atoms with van der Waals surface area (Å²) in [6.45, 7) is 4.47. The Morgan fingerprint density at radius 3 is 2.34 bits per heavy atom. The van der Waals surface area contributed by atoms with E-state index in [1.807, 2.05) is 12.1 Å². The molecule has 2 aromatic carbocycles. The highest BCUT2D eigenvalue weighted by atomic mass is 35.5. The predicted octanol–water partition coefficient (Wildman–Crippen LogP) is 4.06. The van der Waals surface area contributed by atoms with Gasteiger partial charge in [-0.1, -0.05) is 49.7 Å². The lowest BCUT2D eigenvalue weighted by atomic mass is 10.0. The van der Waals surface area contributed by atoms with Gasteiger partial charge in [0.25, 0.3) is 5.91 Å². The Balaban J connectivity index is 1.73. The molecule has 0 saturated carbocycles. The number of carbonyl (C=O) groups excluding carboxylic acids is 1. The Morgan fingerprint density at radius 1 is 1.14 bits per heavy atom. The SMILES string of the molecule is CC(C)c1ccc(CN(C(=O)COc2ccc(Cl)cc2)[C@H]2CCS(=O)(=O)C2)cc1. The molecule has 1 atom stereocenters. The van der Waals surface area contributed by atoms with Crippen molar-refractivity contribution in [3.05, 3.63) is 64.7 Å². The zero-order chi connectivity index (χ0) is 21.0. The number of rotatable bonds is 7. The fraction of sp³-hybridized carbons (Fsp3) is 0.409. The standard InChI is InChI=1S/C22H26ClNO4S/c1-16(2)18-5-3-17(4-6-18)13-24(20-11-12-29(26,27)15-20)22(25)14-28-21-9-7-19(23)8-10-21/h3-10,16,20H,11-15H2,1-2H3/t20-/m0/s1. The average Bonchev–Trinajstić information content (AvgIpc) is 3.05. The van der Waals surface area contributed by atoms with Crippen LogP contribution >= 0.6 is 11.6 Å². The highest BCUT2D eigenvalue weighted by Gasteiger charge is 2.34. The second-order valence-electron chi connectivity index (χ2n) is 7.72. The van der Waals surface area contributed by atoms with E-state index >= 15 is 0 Å². The molecule has 0 aliphatic carbocycles. The van der Waals surface area contributed by atoms with Crippen LogP contribution in [0.15, 0.2) is 48.5 Å². The van der Waals surface area contributed by atoms with Crippen LogP contribution in [0.4, 0.5) is 0 Å². The van der Waals surface area contributed by atoms with E-state index in [0.717, 1.165) is 5.56 Å². The molecule has 0 radical (unpaired) electrons. The third-order valence-electron chi connectivity index (χ3n) is 5.14. The molecule has 0 aromatic heterocycles. The van der Waals surface area contributed by atoms with E-state index < -0.39 is 9.84 Å². The Labute approximate surface area is 177 Å². The Morgan fingerprint density at radius 2 is 1.79 bits per heavy atom. The zero-order valence-electron chi connectivity index (χ0n) is 16.7. The first kappa shape index (κ1) is 21.7. The summed E-state index contributed by atoms with van der Waals surface area (Å²) in [6.07, 6.45) is 0.457. The van der Waals surface area contributed by atoms with Crippen molar-refractivity contribution < 1.29 is 17.9 Å². The summed E-state index contributed by atoms with van der Waals surface area (Å²) < 4.78 is 29.5. The number of hydrogen-bond donors (Lipinski definition) is 0. The molecule has 1 heterocycles. The lowest BCUT2D eigenvalue weighted by molar-refractivity contribution is -0.136. The summed E-state index contributed by atoms with van der Waals surface area (Å²) in [7, 11) is -3.11. The fourth-order valence-electron chi connectivity index (χ4n) is 3.41. The van der Waals surface area contributed by atoms with Crippen LogP contribution in [0, 0.1) is 0 Å². The van der Waals surface area contributed by atoms with E-state index in [2.05, 4.69) is 26.0 Å². The quantitative estimate of drug-likeness (QED) is 0.657. The first-order valence-corrected chi connectivity index (χ1v) is 11.9. The van der Waals surface area contributed by atoms with Gasteiger partial charge in [-0.3, -0.25) is 4.79 Å². The summed E-state index contributed by atoms with van der Waals surface area (Å²) in [6, 6.07) is 14.6. The number of nitrogens with zero attached hydrogens (tertiary/aromatic N) is 1. The minimum atomic E-state index is -3.11. The van der Waals surface area contributed by atoms with Gasteiger partial charge in [0.1, 0.15) is 5.75 Å². The first-order chi connectivity index (χ1) is 13.7. The van der Waals surface area contributed by atoms with E-state index in [1.54, 1.807) is 29.2 Å². The van der Waals surface area contributed by atoms with Gasteiger partial charge in [-0.25, -0.2) is 8.42 Å². The van der Waals surface area contributed by atoms with E-state index in [4.69, 9.17) is 16.3 Å². The van der Waals surface area contributed by atoms with E-state index in [1.165, 1.54) is 5.56 Å². The van der Waals surface area contributed by atoms with Gasteiger partial charge >= 0.3 is 0 Å². The molecule has 0 unspecified atom stereocenters. The van der Waals surface area contributed by atoms with Crippen LogP contribution in [0.5, 0.6) is 5.75 Å². The maximum absolute atomic E-state index is 12.9. The third kappa shape index (κ3) is 5.97. The number of benzene rings is 2. The molecule has 156 valence electrons. The molecule has 0 bridgehead atoms. The van der Waals surface area contributed by atoms with Gasteiger partial charge in [-0.15, -0.1) is 0 Å². The highest BCUT2D eigenvalue weighted by Crippen LogP contribution is 2.22. The smallest absolute Gasteiger partial charge is 0.261 e. The van der Waals surface area contributed by atoms with Crippen molar-refractivity contribution in [3.63, 3.8) is 0 Å². The first-order valence-electron chi connectivity index (χ1n) is 9.70. The minimum Gasteiger partial charge on any atom is -0.484 e. The van der Waals surface area contributed by atoms with Crippen molar-refractivity contribution in [2.45, 2.75) is 38.8 Å². The molecule has 3 rings (SSSR count). The van der Waals surface area contributed by atoms with Gasteiger partial charge in [-0.05, 0) is 47.7 Å². The Kier molecular flexibility index (Phi) is 6.85. The molecule has 2 aromatic rings. The molecular weight excluding hydrogens is 410 g/mol. The van der Waals surface area contributed by atoms with Crippen molar-refractivity contribution in [1.29, 1.82) is 0 Å². The van der Waals surface area contributed by atoms with Gasteiger partial charge in [0.05, 0.1) is 11.5 Å². The van der Waals surface area contributed by atoms with Gasteiger partial charge in [-0.2, -0.15) is 0 Å². The maximum Gasteiger partial charge on any atom is 0.261 e. The zero-order valence-corrected chi connectivity index (χ0v) is 18.2. The number of carbonyl (C=O) groups is 1. The van der Waals surface area contributed by atoms with Crippen LogP contribution in [-0.4, -0.2) is 43.4 Å². The average molecular weight is 436 g/mol. The molecule has 0 spiro atoms. The molecule has 1 fully saturated rings. The van der Waals surface area contributed by atoms with E-state index in [-0.39, 0.29) is 30.1 Å². The number of sulfone groups is 1. The molecule has 1 aliphatic rings. The lowest BCUT2D eigenvalue weighted by Crippen LogP contribution is -2.43. The summed E-state index contributed by atoms with van der Waals surface area (Å²) in [5, 5.41) is 0.589. The fourth-order valence-corrected chi connectivity index (χ4v) is 5.26. The number of ether oxygens (including phenoxy) is 1. The second kappa shape index (κ2) is 9.18. The molecule has 1 amide bonds. The van der Waals surface area contributed by atoms with E-state index in [0.29, 0.717) is 29.7 Å². The van der Waals surface area contributed by atoms with Crippen molar-refractivity contribution in [2.75, 3.05) is 18.1 Å². The maximum atomic E-state index is 12.9. The summed E-state index contributed by atoms with van der Waals surface area (Å²) in [5.41, 5.74) is 2.19. The van der Waals surface area contributed by atoms with Gasteiger partial charge in [0.15, 0.2) is 16.4 Å². The van der Waals surface area contributed by atoms with Crippen molar-refractivity contribution in [1.82, 2.24) is 4.90 Å². The van der Waals surface area contributed by atoms with Crippen LogP contribution in [0.2, 0.25) is 5.02 Å². The van der Waals surface area contributed by atoms with Gasteiger partial charge < -0.3 is 9.64 Å². The van der Waals surface area contributed by atoms with Crippen molar-refractivity contribution >= 4 is 27.3 Å². The number of hydrogen-bond acceptors (Lipinski definition) is 4. The number of halogens is 1. The lowest BCUT2D eigenvalue weighted by Gasteiger charge is -2.28. The monoisotopic (exact) mass is 435 g/mol. The second-order valence-corrected chi connectivity index (χ2v) is 10.4. The molecule has 1 aliphatic heterocycles. The highest BCUT2D eigenvalue weighted by molar-refractivity contribution is 7.91. The third-order valence-corrected chi connectivity index (χ3v) is 7.15. The van der Waals surface area contributed by atoms with Crippen LogP contribution in [-0.2, 0) is 21.2 Å². The van der Waals surface area contributed by atoms with Crippen LogP contribution in [0.25, 0.3) is 0 Å². The van der Waals surface area contributed by atoms with Crippen molar-refractivity contribution in [2.24, 2.45) is 0 Å². The molecule has 0 N–H and O–H groups in total. The summed E-state index contributed by atoms with van der Waals surface area (Å²) in [5.74, 6) is 0.864. The summed E-state index contributed by atoms with van der Waals surface area (Å²) >= 11 is 5.87. The normalized spacial score (nSPS) is 18.0. The topological polar surface area (TPSA) is 63.7 Å². The molecule has 7 heteroatoms. The minimum absolute atomic E-state index is 0.00373.